The number of aromatic nitrogens is 4. The molecule has 0 atom stereocenters. The highest BCUT2D eigenvalue weighted by Crippen LogP contribution is 2.16. The Bertz CT molecular complexity index is 1110. The number of allylic oxidation sites excluding steroid dienone is 1. The first-order valence-electron chi connectivity index (χ1n) is 9.10. The molecule has 4 aromatic rings. The maximum Gasteiger partial charge on any atom is 0.185 e. The summed E-state index contributed by atoms with van der Waals surface area (Å²) in [6.45, 7) is 0.520. The van der Waals surface area contributed by atoms with E-state index in [1.807, 2.05) is 60.7 Å². The van der Waals surface area contributed by atoms with Gasteiger partial charge < -0.3 is 4.74 Å². The molecular formula is C23H18N4O2. The summed E-state index contributed by atoms with van der Waals surface area (Å²) < 4.78 is 7.29. The van der Waals surface area contributed by atoms with E-state index >= 15 is 0 Å². The molecule has 0 fully saturated rings. The predicted octanol–water partition coefficient (Wildman–Crippen LogP) is 4.14. The Morgan fingerprint density at radius 1 is 0.966 bits per heavy atom. The molecule has 1 heterocycles. The number of benzene rings is 3. The van der Waals surface area contributed by atoms with Crippen LogP contribution in [0.2, 0.25) is 0 Å². The third-order valence-corrected chi connectivity index (χ3v) is 4.30. The van der Waals surface area contributed by atoms with Gasteiger partial charge in [0.15, 0.2) is 5.78 Å². The van der Waals surface area contributed by atoms with Crippen molar-refractivity contribution in [2.24, 2.45) is 0 Å². The van der Waals surface area contributed by atoms with Gasteiger partial charge in [-0.05, 0) is 51.9 Å². The smallest absolute Gasteiger partial charge is 0.185 e. The van der Waals surface area contributed by atoms with Crippen LogP contribution < -0.4 is 4.74 Å². The van der Waals surface area contributed by atoms with E-state index < -0.39 is 0 Å². The molecule has 0 spiro atoms. The van der Waals surface area contributed by atoms with E-state index in [2.05, 4.69) is 15.5 Å². The van der Waals surface area contributed by atoms with Gasteiger partial charge in [0.2, 0.25) is 0 Å². The van der Waals surface area contributed by atoms with Crippen molar-refractivity contribution in [1.29, 1.82) is 0 Å². The standard InChI is InChI=1S/C23H18N4O2/c28-23(20-7-4-8-21(15-20)27-17-24-25-26-27)14-11-18-9-12-22(13-10-18)29-16-19-5-2-1-3-6-19/h1-15,17H,16H2/b14-11+. The summed E-state index contributed by atoms with van der Waals surface area (Å²) in [7, 11) is 0. The van der Waals surface area contributed by atoms with Crippen LogP contribution in [0.4, 0.5) is 0 Å². The number of hydrogen-bond acceptors (Lipinski definition) is 5. The number of ketones is 1. The van der Waals surface area contributed by atoms with E-state index in [4.69, 9.17) is 4.74 Å². The maximum atomic E-state index is 12.5. The molecule has 0 amide bonds. The number of hydrogen-bond donors (Lipinski definition) is 0. The minimum absolute atomic E-state index is 0.0932. The highest BCUT2D eigenvalue weighted by Gasteiger charge is 2.05. The van der Waals surface area contributed by atoms with Crippen LogP contribution in [0.25, 0.3) is 11.8 Å². The van der Waals surface area contributed by atoms with Gasteiger partial charge in [-0.1, -0.05) is 60.7 Å². The zero-order valence-corrected chi connectivity index (χ0v) is 15.6. The van der Waals surface area contributed by atoms with Crippen LogP contribution in [0.1, 0.15) is 21.5 Å². The Morgan fingerprint density at radius 2 is 1.79 bits per heavy atom. The number of nitrogens with zero attached hydrogens (tertiary/aromatic N) is 4. The van der Waals surface area contributed by atoms with Crippen LogP contribution in [0, 0.1) is 0 Å². The van der Waals surface area contributed by atoms with E-state index in [1.54, 1.807) is 30.4 Å². The molecule has 0 saturated heterocycles. The van der Waals surface area contributed by atoms with Crippen molar-refractivity contribution in [3.63, 3.8) is 0 Å². The van der Waals surface area contributed by atoms with E-state index in [0.717, 1.165) is 22.6 Å². The van der Waals surface area contributed by atoms with Gasteiger partial charge in [0.05, 0.1) is 5.69 Å². The predicted molar refractivity (Wildman–Crippen MR) is 110 cm³/mol. The number of ether oxygens (including phenoxy) is 1. The first kappa shape index (κ1) is 18.3. The summed E-state index contributed by atoms with van der Waals surface area (Å²) in [6, 6.07) is 24.8. The van der Waals surface area contributed by atoms with Gasteiger partial charge in [-0.15, -0.1) is 5.10 Å². The fraction of sp³-hybridized carbons (Fsp3) is 0.0435. The Morgan fingerprint density at radius 3 is 2.55 bits per heavy atom. The minimum Gasteiger partial charge on any atom is -0.489 e. The van der Waals surface area contributed by atoms with Crippen molar-refractivity contribution in [1.82, 2.24) is 20.2 Å². The average Bonchev–Trinajstić information content (AvgIpc) is 3.33. The minimum atomic E-state index is -0.0932. The molecule has 0 N–H and O–H groups in total. The van der Waals surface area contributed by atoms with Crippen LogP contribution >= 0.6 is 0 Å². The second-order valence-corrected chi connectivity index (χ2v) is 6.35. The third-order valence-electron chi connectivity index (χ3n) is 4.30. The molecule has 29 heavy (non-hydrogen) atoms. The van der Waals surface area contributed by atoms with Crippen molar-refractivity contribution >= 4 is 11.9 Å². The lowest BCUT2D eigenvalue weighted by Gasteiger charge is -2.06. The number of rotatable bonds is 7. The van der Waals surface area contributed by atoms with Crippen LogP contribution in [0.15, 0.2) is 91.3 Å². The summed E-state index contributed by atoms with van der Waals surface area (Å²) in [4.78, 5) is 12.5. The van der Waals surface area contributed by atoms with Gasteiger partial charge in [0.1, 0.15) is 18.7 Å². The van der Waals surface area contributed by atoms with Crippen molar-refractivity contribution in [2.45, 2.75) is 6.61 Å². The lowest BCUT2D eigenvalue weighted by molar-refractivity contribution is 0.104. The Balaban J connectivity index is 1.38. The molecule has 3 aromatic carbocycles. The summed E-state index contributed by atoms with van der Waals surface area (Å²) in [5.41, 5.74) is 3.33. The molecule has 0 radical (unpaired) electrons. The first-order chi connectivity index (χ1) is 14.3. The second kappa shape index (κ2) is 8.75. The lowest BCUT2D eigenvalue weighted by atomic mass is 10.1. The molecule has 6 heteroatoms. The van der Waals surface area contributed by atoms with Gasteiger partial charge in [0.25, 0.3) is 0 Å². The van der Waals surface area contributed by atoms with Crippen molar-refractivity contribution in [3.8, 4) is 11.4 Å². The highest BCUT2D eigenvalue weighted by atomic mass is 16.5. The zero-order chi connectivity index (χ0) is 19.9. The topological polar surface area (TPSA) is 69.9 Å². The van der Waals surface area contributed by atoms with Crippen LogP contribution in [-0.4, -0.2) is 26.0 Å². The molecule has 0 bridgehead atoms. The van der Waals surface area contributed by atoms with Crippen LogP contribution in [-0.2, 0) is 6.61 Å². The Labute approximate surface area is 168 Å². The van der Waals surface area contributed by atoms with Gasteiger partial charge in [0, 0.05) is 5.56 Å². The summed E-state index contributed by atoms with van der Waals surface area (Å²) in [6.07, 6.45) is 4.83. The molecule has 0 unspecified atom stereocenters. The fourth-order valence-corrected chi connectivity index (χ4v) is 2.77. The molecule has 4 rings (SSSR count). The Kier molecular flexibility index (Phi) is 5.53. The molecule has 0 saturated carbocycles. The summed E-state index contributed by atoms with van der Waals surface area (Å²) in [5, 5.41) is 11.1. The second-order valence-electron chi connectivity index (χ2n) is 6.35. The zero-order valence-electron chi connectivity index (χ0n) is 15.6. The average molecular weight is 382 g/mol. The summed E-state index contributed by atoms with van der Waals surface area (Å²) >= 11 is 0. The number of carbonyl (C=O) groups excluding carboxylic acids is 1. The van der Waals surface area contributed by atoms with Gasteiger partial charge in [-0.3, -0.25) is 4.79 Å². The molecule has 1 aromatic heterocycles. The van der Waals surface area contributed by atoms with E-state index in [1.165, 1.54) is 11.0 Å². The fourth-order valence-electron chi connectivity index (χ4n) is 2.77. The molecule has 0 aliphatic heterocycles. The monoisotopic (exact) mass is 382 g/mol. The third kappa shape index (κ3) is 4.81. The van der Waals surface area contributed by atoms with Crippen molar-refractivity contribution in [3.05, 3.63) is 108 Å². The Hall–Kier alpha value is -4.06. The van der Waals surface area contributed by atoms with Crippen LogP contribution in [0.3, 0.4) is 0 Å². The number of tetrazole rings is 1. The molecule has 142 valence electrons. The quantitative estimate of drug-likeness (QED) is 0.355. The van der Waals surface area contributed by atoms with Gasteiger partial charge >= 0.3 is 0 Å². The highest BCUT2D eigenvalue weighted by molar-refractivity contribution is 6.07. The molecule has 0 aliphatic rings. The van der Waals surface area contributed by atoms with E-state index in [9.17, 15) is 4.79 Å². The van der Waals surface area contributed by atoms with E-state index in [0.29, 0.717) is 12.2 Å². The van der Waals surface area contributed by atoms with E-state index in [-0.39, 0.29) is 5.78 Å². The SMILES string of the molecule is O=C(/C=C/c1ccc(OCc2ccccc2)cc1)c1cccc(-n2cnnn2)c1. The largest absolute Gasteiger partial charge is 0.489 e. The molecule has 6 nitrogen and oxygen atoms in total. The first-order valence-corrected chi connectivity index (χ1v) is 9.10. The van der Waals surface area contributed by atoms with Gasteiger partial charge in [-0.25, -0.2) is 4.68 Å². The van der Waals surface area contributed by atoms with Crippen molar-refractivity contribution < 1.29 is 9.53 Å². The molecule has 0 aliphatic carbocycles. The van der Waals surface area contributed by atoms with Crippen molar-refractivity contribution in [2.75, 3.05) is 0 Å². The lowest BCUT2D eigenvalue weighted by Crippen LogP contribution is -1.99. The van der Waals surface area contributed by atoms with Gasteiger partial charge in [-0.2, -0.15) is 0 Å². The number of carbonyl (C=O) groups is 1. The van der Waals surface area contributed by atoms with Crippen LogP contribution in [0.5, 0.6) is 5.75 Å². The molecular weight excluding hydrogens is 364 g/mol. The maximum absolute atomic E-state index is 12.5. The normalized spacial score (nSPS) is 10.9. The summed E-state index contributed by atoms with van der Waals surface area (Å²) in [5.74, 6) is 0.691.